The summed E-state index contributed by atoms with van der Waals surface area (Å²) >= 11 is 0. The summed E-state index contributed by atoms with van der Waals surface area (Å²) in [6.45, 7) is 8.16. The fraction of sp³-hybridized carbons (Fsp3) is 0.588. The smallest absolute Gasteiger partial charge is 0.269 e. The number of nitrogens with one attached hydrogen (secondary N) is 1. The number of carbonyl (C=O) groups excluding carboxylic acids is 1. The molecule has 0 bridgehead atoms. The number of hydrogen-bond acceptors (Lipinski definition) is 5. The number of nitro benzene ring substituents is 1. The molecule has 1 atom stereocenters. The zero-order valence-corrected chi connectivity index (χ0v) is 14.2. The van der Waals surface area contributed by atoms with Crippen molar-refractivity contribution in [3.8, 4) is 0 Å². The van der Waals surface area contributed by atoms with Crippen molar-refractivity contribution in [2.75, 3.05) is 32.8 Å². The quantitative estimate of drug-likeness (QED) is 0.604. The molecule has 1 aromatic rings. The molecular formula is C17H25N3O4. The van der Waals surface area contributed by atoms with Gasteiger partial charge in [0.1, 0.15) is 0 Å². The Morgan fingerprint density at radius 1 is 1.29 bits per heavy atom. The SMILES string of the molecule is CC(C)C(CNC(=O)Cc1ccc([N+](=O)[O-])cc1)N1CCOCC1. The lowest BCUT2D eigenvalue weighted by molar-refractivity contribution is -0.384. The molecule has 1 aromatic carbocycles. The maximum atomic E-state index is 12.2. The van der Waals surface area contributed by atoms with Crippen molar-refractivity contribution in [1.29, 1.82) is 0 Å². The van der Waals surface area contributed by atoms with E-state index in [0.717, 1.165) is 31.9 Å². The molecule has 0 aromatic heterocycles. The van der Waals surface area contributed by atoms with Crippen LogP contribution in [0.2, 0.25) is 0 Å². The fourth-order valence-electron chi connectivity index (χ4n) is 2.90. The third kappa shape index (κ3) is 5.28. The third-order valence-corrected chi connectivity index (χ3v) is 4.30. The molecule has 0 saturated carbocycles. The van der Waals surface area contributed by atoms with Crippen LogP contribution in [0.5, 0.6) is 0 Å². The molecular weight excluding hydrogens is 310 g/mol. The molecule has 0 aliphatic carbocycles. The molecule has 1 heterocycles. The molecule has 1 N–H and O–H groups in total. The Morgan fingerprint density at radius 3 is 2.46 bits per heavy atom. The number of carbonyl (C=O) groups is 1. The van der Waals surface area contributed by atoms with Crippen molar-refractivity contribution in [1.82, 2.24) is 10.2 Å². The number of benzene rings is 1. The molecule has 1 unspecified atom stereocenters. The standard InChI is InChI=1S/C17H25N3O4/c1-13(2)16(19-7-9-24-10-8-19)12-18-17(21)11-14-3-5-15(6-4-14)20(22)23/h3-6,13,16H,7-12H2,1-2H3,(H,18,21). The minimum atomic E-state index is -0.445. The summed E-state index contributed by atoms with van der Waals surface area (Å²) < 4.78 is 5.38. The van der Waals surface area contributed by atoms with Gasteiger partial charge in [0.05, 0.1) is 24.6 Å². The third-order valence-electron chi connectivity index (χ3n) is 4.30. The van der Waals surface area contributed by atoms with Gasteiger partial charge in [-0.1, -0.05) is 26.0 Å². The highest BCUT2D eigenvalue weighted by Crippen LogP contribution is 2.14. The first-order chi connectivity index (χ1) is 11.5. The minimum absolute atomic E-state index is 0.0337. The second kappa shape index (κ2) is 8.75. The second-order valence-corrected chi connectivity index (χ2v) is 6.36. The Balaban J connectivity index is 1.85. The molecule has 2 rings (SSSR count). The predicted octanol–water partition coefficient (Wildman–Crippen LogP) is 1.61. The first kappa shape index (κ1) is 18.4. The Labute approximate surface area is 142 Å². The summed E-state index contributed by atoms with van der Waals surface area (Å²) in [4.78, 5) is 24.7. The van der Waals surface area contributed by atoms with Gasteiger partial charge in [0.2, 0.25) is 5.91 Å². The number of ether oxygens (including phenoxy) is 1. The number of morpholine rings is 1. The molecule has 1 aliphatic rings. The number of non-ortho nitro benzene ring substituents is 1. The van der Waals surface area contributed by atoms with Gasteiger partial charge in [-0.3, -0.25) is 19.8 Å². The summed E-state index contributed by atoms with van der Waals surface area (Å²) in [5.74, 6) is 0.366. The summed E-state index contributed by atoms with van der Waals surface area (Å²) in [5, 5.41) is 13.6. The highest BCUT2D eigenvalue weighted by Gasteiger charge is 2.24. The number of nitro groups is 1. The van der Waals surface area contributed by atoms with E-state index in [1.165, 1.54) is 12.1 Å². The summed E-state index contributed by atoms with van der Waals surface area (Å²) in [5.41, 5.74) is 0.803. The van der Waals surface area contributed by atoms with Crippen molar-refractivity contribution in [3.05, 3.63) is 39.9 Å². The summed E-state index contributed by atoms with van der Waals surface area (Å²) in [6, 6.07) is 6.38. The maximum absolute atomic E-state index is 12.2. The molecule has 7 nitrogen and oxygen atoms in total. The zero-order chi connectivity index (χ0) is 17.5. The molecule has 1 aliphatic heterocycles. The number of amides is 1. The maximum Gasteiger partial charge on any atom is 0.269 e. The normalized spacial score (nSPS) is 16.8. The van der Waals surface area contributed by atoms with Gasteiger partial charge in [0, 0.05) is 37.8 Å². The van der Waals surface area contributed by atoms with Gasteiger partial charge >= 0.3 is 0 Å². The number of rotatable bonds is 7. The largest absolute Gasteiger partial charge is 0.379 e. The van der Waals surface area contributed by atoms with Crippen LogP contribution in [0, 0.1) is 16.0 Å². The van der Waals surface area contributed by atoms with Crippen LogP contribution in [0.4, 0.5) is 5.69 Å². The first-order valence-electron chi connectivity index (χ1n) is 8.29. The second-order valence-electron chi connectivity index (χ2n) is 6.36. The Kier molecular flexibility index (Phi) is 6.69. The molecule has 24 heavy (non-hydrogen) atoms. The predicted molar refractivity (Wildman–Crippen MR) is 90.8 cm³/mol. The van der Waals surface area contributed by atoms with Crippen LogP contribution in [0.1, 0.15) is 19.4 Å². The summed E-state index contributed by atoms with van der Waals surface area (Å²) in [6.07, 6.45) is 0.228. The highest BCUT2D eigenvalue weighted by atomic mass is 16.6. The van der Waals surface area contributed by atoms with E-state index in [4.69, 9.17) is 4.74 Å². The molecule has 0 radical (unpaired) electrons. The minimum Gasteiger partial charge on any atom is -0.379 e. The van der Waals surface area contributed by atoms with Crippen LogP contribution in [0.15, 0.2) is 24.3 Å². The van der Waals surface area contributed by atoms with Gasteiger partial charge in [-0.15, -0.1) is 0 Å². The lowest BCUT2D eigenvalue weighted by atomic mass is 10.0. The van der Waals surface area contributed by atoms with E-state index in [2.05, 4.69) is 24.1 Å². The van der Waals surface area contributed by atoms with Crippen LogP contribution in [-0.2, 0) is 16.0 Å². The van der Waals surface area contributed by atoms with Gasteiger partial charge in [0.15, 0.2) is 0 Å². The molecule has 7 heteroatoms. The zero-order valence-electron chi connectivity index (χ0n) is 14.2. The van der Waals surface area contributed by atoms with Gasteiger partial charge in [0.25, 0.3) is 5.69 Å². The van der Waals surface area contributed by atoms with Gasteiger partial charge in [-0.05, 0) is 11.5 Å². The Hall–Kier alpha value is -1.99. The van der Waals surface area contributed by atoms with E-state index in [1.807, 2.05) is 0 Å². The topological polar surface area (TPSA) is 84.7 Å². The summed E-state index contributed by atoms with van der Waals surface area (Å²) in [7, 11) is 0. The Bertz CT molecular complexity index is 553. The van der Waals surface area contributed by atoms with Crippen LogP contribution < -0.4 is 5.32 Å². The lowest BCUT2D eigenvalue weighted by Gasteiger charge is -2.36. The van der Waals surface area contributed by atoms with E-state index < -0.39 is 4.92 Å². The Morgan fingerprint density at radius 2 is 1.92 bits per heavy atom. The number of nitrogens with zero attached hydrogens (tertiary/aromatic N) is 2. The van der Waals surface area contributed by atoms with Crippen molar-refractivity contribution >= 4 is 11.6 Å². The van der Waals surface area contributed by atoms with E-state index >= 15 is 0 Å². The van der Waals surface area contributed by atoms with Crippen LogP contribution in [0.3, 0.4) is 0 Å². The first-order valence-corrected chi connectivity index (χ1v) is 8.29. The monoisotopic (exact) mass is 335 g/mol. The molecule has 132 valence electrons. The van der Waals surface area contributed by atoms with Crippen LogP contribution >= 0.6 is 0 Å². The highest BCUT2D eigenvalue weighted by molar-refractivity contribution is 5.78. The van der Waals surface area contributed by atoms with E-state index in [9.17, 15) is 14.9 Å². The lowest BCUT2D eigenvalue weighted by Crippen LogP contribution is -2.51. The van der Waals surface area contributed by atoms with Crippen molar-refractivity contribution in [2.24, 2.45) is 5.92 Å². The van der Waals surface area contributed by atoms with E-state index in [-0.39, 0.29) is 24.1 Å². The molecule has 0 spiro atoms. The van der Waals surface area contributed by atoms with Crippen molar-refractivity contribution < 1.29 is 14.5 Å². The van der Waals surface area contributed by atoms with E-state index in [0.29, 0.717) is 12.5 Å². The van der Waals surface area contributed by atoms with Crippen molar-refractivity contribution in [3.63, 3.8) is 0 Å². The molecule has 1 fully saturated rings. The van der Waals surface area contributed by atoms with Gasteiger partial charge < -0.3 is 10.1 Å². The average Bonchev–Trinajstić information content (AvgIpc) is 2.56. The van der Waals surface area contributed by atoms with Crippen molar-refractivity contribution in [2.45, 2.75) is 26.3 Å². The average molecular weight is 335 g/mol. The van der Waals surface area contributed by atoms with E-state index in [1.54, 1.807) is 12.1 Å². The van der Waals surface area contributed by atoms with Crippen LogP contribution in [-0.4, -0.2) is 54.6 Å². The van der Waals surface area contributed by atoms with Gasteiger partial charge in [-0.2, -0.15) is 0 Å². The molecule has 1 amide bonds. The number of hydrogen-bond donors (Lipinski definition) is 1. The van der Waals surface area contributed by atoms with Gasteiger partial charge in [-0.25, -0.2) is 0 Å². The van der Waals surface area contributed by atoms with Crippen LogP contribution in [0.25, 0.3) is 0 Å². The fourth-order valence-corrected chi connectivity index (χ4v) is 2.90. The molecule has 1 saturated heterocycles.